The lowest BCUT2D eigenvalue weighted by Gasteiger charge is -2.17. The van der Waals surface area contributed by atoms with Crippen LogP contribution in [0.5, 0.6) is 0 Å². The van der Waals surface area contributed by atoms with E-state index in [0.29, 0.717) is 0 Å². The second-order valence-corrected chi connectivity index (χ2v) is 6.37. The Morgan fingerprint density at radius 1 is 1.00 bits per heavy atom. The third-order valence-corrected chi connectivity index (χ3v) is 4.71. The normalized spacial score (nSPS) is 18.2. The number of benzene rings is 2. The Morgan fingerprint density at radius 2 is 1.67 bits per heavy atom. The Morgan fingerprint density at radius 3 is 2.29 bits per heavy atom. The molecule has 1 aliphatic rings. The number of hydrogen-bond donors (Lipinski definition) is 0. The van der Waals surface area contributed by atoms with Crippen molar-refractivity contribution < 1.29 is 17.6 Å². The molecule has 0 radical (unpaired) electrons. The molecule has 0 amide bonds. The highest BCUT2D eigenvalue weighted by Crippen LogP contribution is 2.38. The van der Waals surface area contributed by atoms with Crippen molar-refractivity contribution in [3.63, 3.8) is 0 Å². The van der Waals surface area contributed by atoms with Gasteiger partial charge in [-0.2, -0.15) is 13.2 Å². The van der Waals surface area contributed by atoms with Crippen LogP contribution < -0.4 is 0 Å². The summed E-state index contributed by atoms with van der Waals surface area (Å²) in [5, 5.41) is 1.91. The van der Waals surface area contributed by atoms with Crippen molar-refractivity contribution in [2.24, 2.45) is 5.92 Å². The molecule has 0 fully saturated rings. The zero-order valence-corrected chi connectivity index (χ0v) is 13.4. The molecule has 0 saturated carbocycles. The molecule has 124 valence electrons. The van der Waals surface area contributed by atoms with Crippen LogP contribution in [0.4, 0.5) is 17.6 Å². The maximum absolute atomic E-state index is 14.3. The average Bonchev–Trinajstić information content (AvgIpc) is 3.06. The lowest BCUT2D eigenvalue weighted by Crippen LogP contribution is -2.10. The molecule has 0 bridgehead atoms. The third kappa shape index (κ3) is 3.56. The van der Waals surface area contributed by atoms with E-state index in [1.165, 1.54) is 30.3 Å². The number of allylic oxidation sites excluding steroid dienone is 2. The lowest BCUT2D eigenvalue weighted by atomic mass is 9.90. The molecule has 3 rings (SSSR count). The maximum atomic E-state index is 14.3. The van der Waals surface area contributed by atoms with E-state index in [2.05, 4.69) is 0 Å². The van der Waals surface area contributed by atoms with Gasteiger partial charge in [-0.15, -0.1) is 11.8 Å². The summed E-state index contributed by atoms with van der Waals surface area (Å²) in [7, 11) is 0. The summed E-state index contributed by atoms with van der Waals surface area (Å²) in [6, 6.07) is 11.2. The zero-order chi connectivity index (χ0) is 17.2. The van der Waals surface area contributed by atoms with E-state index in [1.807, 2.05) is 11.5 Å². The summed E-state index contributed by atoms with van der Waals surface area (Å²) in [6.07, 6.45) is -0.859. The molecule has 1 aliphatic heterocycles. The number of alkyl halides is 3. The second-order valence-electron chi connectivity index (χ2n) is 5.43. The topological polar surface area (TPSA) is 0 Å². The first kappa shape index (κ1) is 16.8. The highest BCUT2D eigenvalue weighted by atomic mass is 32.2. The summed E-state index contributed by atoms with van der Waals surface area (Å²) in [4.78, 5) is 0. The van der Waals surface area contributed by atoms with Crippen LogP contribution in [0, 0.1) is 11.7 Å². The molecule has 0 aromatic heterocycles. The van der Waals surface area contributed by atoms with E-state index in [4.69, 9.17) is 0 Å². The standard InChI is InChI=1S/C19H14F4S/c20-18-8-4-2-6-15(18)16(11-13-9-10-24-12-13)14-5-1-3-7-17(14)19(21,22)23/h1-11,13H,12H2. The van der Waals surface area contributed by atoms with Crippen molar-refractivity contribution in [3.8, 4) is 0 Å². The summed E-state index contributed by atoms with van der Waals surface area (Å²) in [6.45, 7) is 0. The van der Waals surface area contributed by atoms with Gasteiger partial charge in [0, 0.05) is 17.2 Å². The van der Waals surface area contributed by atoms with Crippen LogP contribution in [-0.2, 0) is 6.18 Å². The third-order valence-electron chi connectivity index (χ3n) is 3.78. The molecule has 5 heteroatoms. The number of halogens is 4. The Hall–Kier alpha value is -2.01. The van der Waals surface area contributed by atoms with E-state index >= 15 is 0 Å². The van der Waals surface area contributed by atoms with Crippen LogP contribution in [0.1, 0.15) is 16.7 Å². The van der Waals surface area contributed by atoms with E-state index in [1.54, 1.807) is 30.0 Å². The smallest absolute Gasteiger partial charge is 0.206 e. The largest absolute Gasteiger partial charge is 0.417 e. The molecule has 0 N–H and O–H groups in total. The molecule has 0 nitrogen and oxygen atoms in total. The van der Waals surface area contributed by atoms with E-state index < -0.39 is 17.6 Å². The predicted molar refractivity (Wildman–Crippen MR) is 90.0 cm³/mol. The minimum atomic E-state index is -4.50. The summed E-state index contributed by atoms with van der Waals surface area (Å²) < 4.78 is 54.5. The fourth-order valence-corrected chi connectivity index (χ4v) is 3.52. The van der Waals surface area contributed by atoms with Gasteiger partial charge in [0.2, 0.25) is 0 Å². The molecule has 0 saturated heterocycles. The van der Waals surface area contributed by atoms with Crippen LogP contribution in [0.3, 0.4) is 0 Å². The van der Waals surface area contributed by atoms with Gasteiger partial charge in [-0.1, -0.05) is 48.6 Å². The van der Waals surface area contributed by atoms with E-state index in [0.717, 1.165) is 11.8 Å². The molecule has 24 heavy (non-hydrogen) atoms. The molecular weight excluding hydrogens is 336 g/mol. The van der Waals surface area contributed by atoms with Crippen molar-refractivity contribution in [2.45, 2.75) is 6.18 Å². The molecule has 0 spiro atoms. The van der Waals surface area contributed by atoms with Gasteiger partial charge < -0.3 is 0 Å². The summed E-state index contributed by atoms with van der Waals surface area (Å²) in [5.74, 6) is 0.188. The minimum Gasteiger partial charge on any atom is -0.206 e. The molecule has 1 atom stereocenters. The molecule has 2 aromatic carbocycles. The fraction of sp³-hybridized carbons (Fsp3) is 0.158. The zero-order valence-electron chi connectivity index (χ0n) is 12.6. The first-order valence-electron chi connectivity index (χ1n) is 7.38. The average molecular weight is 350 g/mol. The van der Waals surface area contributed by atoms with Crippen molar-refractivity contribution >= 4 is 17.3 Å². The van der Waals surface area contributed by atoms with Gasteiger partial charge in [-0.05, 0) is 28.7 Å². The van der Waals surface area contributed by atoms with Crippen LogP contribution >= 0.6 is 11.8 Å². The number of rotatable bonds is 3. The summed E-state index contributed by atoms with van der Waals surface area (Å²) in [5.41, 5.74) is -0.299. The van der Waals surface area contributed by atoms with Crippen molar-refractivity contribution in [2.75, 3.05) is 5.75 Å². The quantitative estimate of drug-likeness (QED) is 0.598. The van der Waals surface area contributed by atoms with Crippen LogP contribution in [-0.4, -0.2) is 5.75 Å². The van der Waals surface area contributed by atoms with Gasteiger partial charge in [0.1, 0.15) is 5.82 Å². The second kappa shape index (κ2) is 6.85. The van der Waals surface area contributed by atoms with Gasteiger partial charge in [0.05, 0.1) is 5.56 Å². The molecule has 2 aromatic rings. The number of thioether (sulfide) groups is 1. The van der Waals surface area contributed by atoms with Gasteiger partial charge in [0.15, 0.2) is 0 Å². The Kier molecular flexibility index (Phi) is 4.81. The SMILES string of the molecule is Fc1ccccc1C(=CC1C=CSC1)c1ccccc1C(F)(F)F. The first-order chi connectivity index (χ1) is 11.5. The van der Waals surface area contributed by atoms with Crippen LogP contribution in [0.2, 0.25) is 0 Å². The highest BCUT2D eigenvalue weighted by Gasteiger charge is 2.34. The van der Waals surface area contributed by atoms with Crippen molar-refractivity contribution in [1.29, 1.82) is 0 Å². The van der Waals surface area contributed by atoms with Gasteiger partial charge in [-0.25, -0.2) is 4.39 Å². The molecular formula is C19H14F4S. The minimum absolute atomic E-state index is 0.000370. The van der Waals surface area contributed by atoms with E-state index in [9.17, 15) is 17.6 Å². The Bertz CT molecular complexity index is 790. The highest BCUT2D eigenvalue weighted by molar-refractivity contribution is 8.02. The number of hydrogen-bond acceptors (Lipinski definition) is 1. The van der Waals surface area contributed by atoms with Crippen LogP contribution in [0.25, 0.3) is 5.57 Å². The molecule has 1 unspecified atom stereocenters. The first-order valence-corrected chi connectivity index (χ1v) is 8.43. The Balaban J connectivity index is 2.20. The molecule has 0 aliphatic carbocycles. The summed E-state index contributed by atoms with van der Waals surface area (Å²) >= 11 is 1.59. The van der Waals surface area contributed by atoms with Crippen LogP contribution in [0.15, 0.2) is 66.1 Å². The maximum Gasteiger partial charge on any atom is 0.417 e. The van der Waals surface area contributed by atoms with Crippen molar-refractivity contribution in [1.82, 2.24) is 0 Å². The monoisotopic (exact) mass is 350 g/mol. The van der Waals surface area contributed by atoms with Gasteiger partial charge >= 0.3 is 6.18 Å². The lowest BCUT2D eigenvalue weighted by molar-refractivity contribution is -0.137. The Labute approximate surface area is 141 Å². The van der Waals surface area contributed by atoms with Gasteiger partial charge in [0.25, 0.3) is 0 Å². The predicted octanol–water partition coefficient (Wildman–Crippen LogP) is 6.15. The van der Waals surface area contributed by atoms with Gasteiger partial charge in [-0.3, -0.25) is 0 Å². The van der Waals surface area contributed by atoms with Crippen molar-refractivity contribution in [3.05, 3.63) is 88.6 Å². The molecule has 1 heterocycles. The fourth-order valence-electron chi connectivity index (χ4n) is 2.67. The van der Waals surface area contributed by atoms with E-state index in [-0.39, 0.29) is 22.6 Å².